The van der Waals surface area contributed by atoms with Gasteiger partial charge in [0.25, 0.3) is 0 Å². The van der Waals surface area contributed by atoms with Crippen molar-refractivity contribution in [2.75, 3.05) is 0 Å². The van der Waals surface area contributed by atoms with Gasteiger partial charge in [-0.15, -0.1) is 0 Å². The van der Waals surface area contributed by atoms with Crippen molar-refractivity contribution in [1.82, 2.24) is 4.84 Å². The van der Waals surface area contributed by atoms with E-state index in [0.717, 1.165) is 12.8 Å². The predicted octanol–water partition coefficient (Wildman–Crippen LogP) is 5.48. The van der Waals surface area contributed by atoms with Gasteiger partial charge in [-0.1, -0.05) is 27.7 Å². The van der Waals surface area contributed by atoms with Crippen LogP contribution in [0.4, 0.5) is 0 Å². The quantitative estimate of drug-likeness (QED) is 0.649. The average molecular weight is 362 g/mol. The number of phenolic OH excluding ortho intramolecular Hbond substituents is 1. The molecule has 0 unspecified atom stereocenters. The molecule has 2 nitrogen and oxygen atoms in total. The third kappa shape index (κ3) is 2.19. The van der Waals surface area contributed by atoms with E-state index in [4.69, 9.17) is 11.8 Å². The molecule has 1 aromatic rings. The zero-order valence-corrected chi connectivity index (χ0v) is 17.0. The van der Waals surface area contributed by atoms with Crippen molar-refractivity contribution in [2.45, 2.75) is 78.2 Å². The summed E-state index contributed by atoms with van der Waals surface area (Å²) in [5, 5.41) is 10.1. The Balaban J connectivity index is 1.80. The fraction of sp³-hybridized carbons (Fsp3) is 0.727. The Morgan fingerprint density at radius 2 is 1.80 bits per heavy atom. The van der Waals surface area contributed by atoms with Crippen molar-refractivity contribution in [3.05, 3.63) is 28.8 Å². The molecule has 3 heteroatoms. The van der Waals surface area contributed by atoms with Gasteiger partial charge in [0.2, 0.25) is 0 Å². The molecule has 3 aliphatic rings. The Hall–Kier alpha value is -0.730. The maximum Gasteiger partial charge on any atom is 0.116 e. The fourth-order valence-electron chi connectivity index (χ4n) is 7.55. The Bertz CT molecular complexity index is 714. The van der Waals surface area contributed by atoms with Crippen LogP contribution in [0.3, 0.4) is 0 Å². The first-order valence-electron chi connectivity index (χ1n) is 9.83. The van der Waals surface area contributed by atoms with E-state index in [1.807, 2.05) is 12.1 Å². The number of halogens is 1. The molecule has 2 fully saturated rings. The molecule has 2 N–H and O–H groups in total. The molecule has 0 spiro atoms. The number of aromatic hydroxyl groups is 1. The van der Waals surface area contributed by atoms with Gasteiger partial charge in [-0.2, -0.15) is 0 Å². The fourth-order valence-corrected chi connectivity index (χ4v) is 7.94. The van der Waals surface area contributed by atoms with Crippen molar-refractivity contribution in [2.24, 2.45) is 22.7 Å². The number of hydrogen-bond donors (Lipinski definition) is 2. The molecule has 1 aromatic carbocycles. The first-order valence-corrected chi connectivity index (χ1v) is 10.2. The van der Waals surface area contributed by atoms with Gasteiger partial charge in [0.05, 0.1) is 0 Å². The third-order valence-corrected chi connectivity index (χ3v) is 8.87. The van der Waals surface area contributed by atoms with E-state index in [-0.39, 0.29) is 10.8 Å². The summed E-state index contributed by atoms with van der Waals surface area (Å²) in [6, 6.07) is 4.38. The first kappa shape index (κ1) is 17.7. The first-order chi connectivity index (χ1) is 11.6. The van der Waals surface area contributed by atoms with Gasteiger partial charge < -0.3 is 5.11 Å². The Kier molecular flexibility index (Phi) is 3.81. The van der Waals surface area contributed by atoms with E-state index in [1.54, 1.807) is 0 Å². The number of benzene rings is 1. The minimum Gasteiger partial charge on any atom is -0.508 e. The lowest BCUT2D eigenvalue weighted by Gasteiger charge is -2.63. The lowest BCUT2D eigenvalue weighted by atomic mass is 9.42. The number of nitrogens with one attached hydrogen (secondary N) is 1. The molecule has 0 aliphatic heterocycles. The highest BCUT2D eigenvalue weighted by Gasteiger charge is 2.62. The van der Waals surface area contributed by atoms with E-state index in [9.17, 15) is 5.11 Å². The van der Waals surface area contributed by atoms with Crippen molar-refractivity contribution in [3.63, 3.8) is 0 Å². The maximum absolute atomic E-state index is 10.1. The standard InChI is InChI=1S/C22H32ClNO/c1-13-10-15(25)11-14-12-17-21(4)9-7-18(24-23)20(2,3)16(21)6-8-22(17,5)19(13)14/h10-11,16-18,24-25H,6-9,12H2,1-5H3/t16-,17+,18+,21-,22+/m0/s1. The molecule has 0 heterocycles. The topological polar surface area (TPSA) is 32.3 Å². The molecule has 0 saturated heterocycles. The van der Waals surface area contributed by atoms with Crippen LogP contribution in [0.5, 0.6) is 5.75 Å². The number of rotatable bonds is 1. The second kappa shape index (κ2) is 5.39. The minimum absolute atomic E-state index is 0.210. The Morgan fingerprint density at radius 3 is 2.48 bits per heavy atom. The van der Waals surface area contributed by atoms with Crippen LogP contribution in [-0.4, -0.2) is 11.1 Å². The summed E-state index contributed by atoms with van der Waals surface area (Å²) in [4.78, 5) is 3.09. The van der Waals surface area contributed by atoms with Crippen LogP contribution in [0.2, 0.25) is 0 Å². The lowest BCUT2D eigenvalue weighted by Crippen LogP contribution is -2.60. The van der Waals surface area contributed by atoms with Crippen molar-refractivity contribution in [1.29, 1.82) is 0 Å². The molecular formula is C22H32ClNO. The van der Waals surface area contributed by atoms with E-state index in [2.05, 4.69) is 39.5 Å². The highest BCUT2D eigenvalue weighted by Crippen LogP contribution is 2.67. The summed E-state index contributed by atoms with van der Waals surface area (Å²) in [7, 11) is 0. The molecule has 5 atom stereocenters. The maximum atomic E-state index is 10.1. The lowest BCUT2D eigenvalue weighted by molar-refractivity contribution is -0.109. The number of aryl methyl sites for hydroxylation is 1. The van der Waals surface area contributed by atoms with Crippen LogP contribution in [-0.2, 0) is 11.8 Å². The van der Waals surface area contributed by atoms with Gasteiger partial charge >= 0.3 is 0 Å². The number of hydrogen-bond acceptors (Lipinski definition) is 2. The molecule has 0 amide bonds. The summed E-state index contributed by atoms with van der Waals surface area (Å²) in [5.41, 5.74) is 4.99. The largest absolute Gasteiger partial charge is 0.508 e. The van der Waals surface area contributed by atoms with Crippen LogP contribution in [0.1, 0.15) is 70.1 Å². The summed E-state index contributed by atoms with van der Waals surface area (Å²) in [6.45, 7) is 12.0. The molecule has 138 valence electrons. The summed E-state index contributed by atoms with van der Waals surface area (Å²) in [6.07, 6.45) is 6.02. The zero-order chi connectivity index (χ0) is 18.2. The Labute approximate surface area is 157 Å². The second-order valence-corrected chi connectivity index (χ2v) is 10.3. The molecule has 0 bridgehead atoms. The minimum atomic E-state index is 0.210. The summed E-state index contributed by atoms with van der Waals surface area (Å²) >= 11 is 6.11. The van der Waals surface area contributed by atoms with Gasteiger partial charge in [-0.25, -0.2) is 4.84 Å². The van der Waals surface area contributed by atoms with Crippen LogP contribution in [0.15, 0.2) is 12.1 Å². The van der Waals surface area contributed by atoms with E-state index < -0.39 is 0 Å². The van der Waals surface area contributed by atoms with E-state index in [1.165, 1.54) is 36.0 Å². The summed E-state index contributed by atoms with van der Waals surface area (Å²) in [5.74, 6) is 1.77. The van der Waals surface area contributed by atoms with E-state index in [0.29, 0.717) is 29.0 Å². The molecule has 0 aromatic heterocycles. The second-order valence-electron chi connectivity index (χ2n) is 10.1. The van der Waals surface area contributed by atoms with Gasteiger partial charge in [0.15, 0.2) is 0 Å². The average Bonchev–Trinajstić information content (AvgIpc) is 2.80. The van der Waals surface area contributed by atoms with Crippen LogP contribution >= 0.6 is 11.8 Å². The number of fused-ring (bicyclic) bond motifs is 5. The molecule has 0 radical (unpaired) electrons. The van der Waals surface area contributed by atoms with Crippen LogP contribution in [0, 0.1) is 29.6 Å². The van der Waals surface area contributed by atoms with Crippen molar-refractivity contribution >= 4 is 11.8 Å². The summed E-state index contributed by atoms with van der Waals surface area (Å²) < 4.78 is 0. The van der Waals surface area contributed by atoms with Gasteiger partial charge in [-0.3, -0.25) is 0 Å². The normalized spacial score (nSPS) is 41.8. The monoisotopic (exact) mass is 361 g/mol. The number of phenols is 1. The third-order valence-electron chi connectivity index (χ3n) is 8.61. The zero-order valence-electron chi connectivity index (χ0n) is 16.2. The molecule has 2 saturated carbocycles. The SMILES string of the molecule is Cc1cc(O)cc2c1[C@]1(C)CC[C@H]3C(C)(C)[C@H](NCl)CC[C@]3(C)[C@H]1C2. The van der Waals surface area contributed by atoms with Gasteiger partial charge in [0.1, 0.15) is 5.75 Å². The molecular weight excluding hydrogens is 330 g/mol. The molecule has 4 rings (SSSR count). The van der Waals surface area contributed by atoms with Gasteiger partial charge in [-0.05, 0) is 108 Å². The highest BCUT2D eigenvalue weighted by molar-refractivity contribution is 6.13. The van der Waals surface area contributed by atoms with Crippen LogP contribution in [0.25, 0.3) is 0 Å². The van der Waals surface area contributed by atoms with Crippen LogP contribution < -0.4 is 4.84 Å². The van der Waals surface area contributed by atoms with Gasteiger partial charge in [0, 0.05) is 6.04 Å². The molecule has 25 heavy (non-hydrogen) atoms. The molecule has 3 aliphatic carbocycles. The smallest absolute Gasteiger partial charge is 0.116 e. The van der Waals surface area contributed by atoms with E-state index >= 15 is 0 Å². The predicted molar refractivity (Wildman–Crippen MR) is 104 cm³/mol. The Morgan fingerprint density at radius 1 is 1.08 bits per heavy atom. The van der Waals surface area contributed by atoms with Crippen molar-refractivity contribution in [3.8, 4) is 5.75 Å². The highest BCUT2D eigenvalue weighted by atomic mass is 35.5. The van der Waals surface area contributed by atoms with Crippen molar-refractivity contribution < 1.29 is 5.11 Å².